The summed E-state index contributed by atoms with van der Waals surface area (Å²) in [6.07, 6.45) is 3.15. The molecule has 0 bridgehead atoms. The van der Waals surface area contributed by atoms with Crippen LogP contribution in [0.2, 0.25) is 0 Å². The summed E-state index contributed by atoms with van der Waals surface area (Å²) in [7, 11) is 0. The van der Waals surface area contributed by atoms with Crippen LogP contribution >= 0.6 is 0 Å². The third-order valence-electron chi connectivity index (χ3n) is 6.76. The molecule has 9 heteroatoms. The Kier molecular flexibility index (Phi) is 6.15. The van der Waals surface area contributed by atoms with Crippen LogP contribution in [-0.2, 0) is 25.7 Å². The molecule has 1 saturated heterocycles. The number of para-hydroxylation sites is 1. The van der Waals surface area contributed by atoms with Gasteiger partial charge in [-0.2, -0.15) is 0 Å². The molecule has 2 heterocycles. The van der Waals surface area contributed by atoms with Crippen molar-refractivity contribution in [1.82, 2.24) is 14.5 Å². The minimum absolute atomic E-state index is 0.0284. The Morgan fingerprint density at radius 2 is 1.63 bits per heavy atom. The summed E-state index contributed by atoms with van der Waals surface area (Å²) >= 11 is 0. The maximum atomic E-state index is 13.5. The Hall–Kier alpha value is -3.88. The molecule has 2 atom stereocenters. The second kappa shape index (κ2) is 9.40. The van der Waals surface area contributed by atoms with Crippen molar-refractivity contribution in [1.29, 1.82) is 0 Å². The molecule has 3 aromatic rings. The van der Waals surface area contributed by atoms with Gasteiger partial charge in [0, 0.05) is 6.54 Å². The van der Waals surface area contributed by atoms with Crippen molar-refractivity contribution in [2.75, 3.05) is 6.54 Å². The van der Waals surface area contributed by atoms with Gasteiger partial charge in [-0.25, -0.2) is 9.37 Å². The van der Waals surface area contributed by atoms with Crippen LogP contribution in [0.25, 0.3) is 16.6 Å². The zero-order valence-corrected chi connectivity index (χ0v) is 19.0. The van der Waals surface area contributed by atoms with E-state index in [-0.39, 0.29) is 54.6 Å². The highest BCUT2D eigenvalue weighted by Gasteiger charge is 2.47. The standard InChI is InChI=1S/C26H24FN3O5/c27-16-9-11-17(12-10-16)30-22(28-21-8-4-3-7-20(21)26(30)34)15-35-23(31)13-14-29-24(32)18-5-1-2-6-19(18)25(29)33/h3-4,7-12,18-19H,1-2,5-6,13-15H2. The summed E-state index contributed by atoms with van der Waals surface area (Å²) in [5, 5.41) is 0.374. The lowest BCUT2D eigenvalue weighted by Crippen LogP contribution is -2.33. The van der Waals surface area contributed by atoms with Gasteiger partial charge in [-0.3, -0.25) is 28.6 Å². The first kappa shape index (κ1) is 22.9. The molecule has 2 unspecified atom stereocenters. The van der Waals surface area contributed by atoms with Gasteiger partial charge in [-0.1, -0.05) is 25.0 Å². The normalized spacial score (nSPS) is 19.7. The maximum absolute atomic E-state index is 13.5. The number of ether oxygens (including phenoxy) is 1. The van der Waals surface area contributed by atoms with Crippen LogP contribution in [0.15, 0.2) is 53.3 Å². The summed E-state index contributed by atoms with van der Waals surface area (Å²) in [5.41, 5.74) is 0.457. The Labute approximate surface area is 200 Å². The number of aromatic nitrogens is 2. The molecule has 0 spiro atoms. The van der Waals surface area contributed by atoms with Gasteiger partial charge in [0.1, 0.15) is 12.4 Å². The number of fused-ring (bicyclic) bond motifs is 2. The first-order chi connectivity index (χ1) is 16.9. The molecular weight excluding hydrogens is 453 g/mol. The molecule has 1 saturated carbocycles. The van der Waals surface area contributed by atoms with Crippen molar-refractivity contribution in [3.05, 3.63) is 70.5 Å². The molecule has 5 rings (SSSR count). The van der Waals surface area contributed by atoms with Crippen molar-refractivity contribution in [2.45, 2.75) is 38.7 Å². The number of carbonyl (C=O) groups excluding carboxylic acids is 3. The van der Waals surface area contributed by atoms with E-state index in [1.807, 2.05) is 0 Å². The van der Waals surface area contributed by atoms with Gasteiger partial charge in [0.25, 0.3) is 5.56 Å². The molecule has 2 amide bonds. The number of likely N-dealkylation sites (tertiary alicyclic amines) is 1. The fraction of sp³-hybridized carbons (Fsp3) is 0.346. The minimum atomic E-state index is -0.617. The number of benzene rings is 2. The smallest absolute Gasteiger partial charge is 0.308 e. The van der Waals surface area contributed by atoms with Gasteiger partial charge < -0.3 is 4.74 Å². The first-order valence-corrected chi connectivity index (χ1v) is 11.7. The molecule has 1 aliphatic heterocycles. The summed E-state index contributed by atoms with van der Waals surface area (Å²) in [5.74, 6) is -1.82. The summed E-state index contributed by atoms with van der Waals surface area (Å²) in [6.45, 7) is -0.331. The van der Waals surface area contributed by atoms with Crippen LogP contribution in [0, 0.1) is 17.7 Å². The second-order valence-corrected chi connectivity index (χ2v) is 8.90. The number of rotatable bonds is 6. The molecule has 2 aliphatic rings. The topological polar surface area (TPSA) is 98.6 Å². The lowest BCUT2D eigenvalue weighted by Gasteiger charge is -2.19. The van der Waals surface area contributed by atoms with Gasteiger partial charge in [0.2, 0.25) is 11.8 Å². The number of hydrogen-bond donors (Lipinski definition) is 0. The van der Waals surface area contributed by atoms with E-state index < -0.39 is 11.8 Å². The molecule has 0 N–H and O–H groups in total. The van der Waals surface area contributed by atoms with Crippen LogP contribution in [0.5, 0.6) is 0 Å². The van der Waals surface area contributed by atoms with Gasteiger partial charge in [0.05, 0.1) is 34.8 Å². The molecule has 1 aromatic heterocycles. The molecule has 1 aliphatic carbocycles. The van der Waals surface area contributed by atoms with Crippen molar-refractivity contribution in [2.24, 2.45) is 11.8 Å². The van der Waals surface area contributed by atoms with Gasteiger partial charge in [-0.05, 0) is 49.2 Å². The second-order valence-electron chi connectivity index (χ2n) is 8.90. The number of nitrogens with zero attached hydrogens (tertiary/aromatic N) is 3. The highest BCUT2D eigenvalue weighted by molar-refractivity contribution is 6.05. The van der Waals surface area contributed by atoms with Gasteiger partial charge in [0.15, 0.2) is 5.82 Å². The third-order valence-corrected chi connectivity index (χ3v) is 6.76. The van der Waals surface area contributed by atoms with E-state index in [1.54, 1.807) is 24.3 Å². The summed E-state index contributed by atoms with van der Waals surface area (Å²) in [6, 6.07) is 12.1. The molecule has 8 nitrogen and oxygen atoms in total. The number of hydrogen-bond acceptors (Lipinski definition) is 6. The van der Waals surface area contributed by atoms with Crippen LogP contribution in [0.1, 0.15) is 37.9 Å². The third kappa shape index (κ3) is 4.34. The molecule has 2 aromatic carbocycles. The van der Waals surface area contributed by atoms with E-state index in [2.05, 4.69) is 4.98 Å². The lowest BCUT2D eigenvalue weighted by atomic mass is 9.81. The van der Waals surface area contributed by atoms with E-state index >= 15 is 0 Å². The Balaban J connectivity index is 1.32. The van der Waals surface area contributed by atoms with Crippen molar-refractivity contribution >= 4 is 28.7 Å². The summed E-state index contributed by atoms with van der Waals surface area (Å²) < 4.78 is 20.1. The average molecular weight is 477 g/mol. The molecular formula is C26H24FN3O5. The van der Waals surface area contributed by atoms with Gasteiger partial charge in [-0.15, -0.1) is 0 Å². The largest absolute Gasteiger partial charge is 0.457 e. The molecule has 0 radical (unpaired) electrons. The van der Waals surface area contributed by atoms with Crippen molar-refractivity contribution in [3.63, 3.8) is 0 Å². The highest BCUT2D eigenvalue weighted by Crippen LogP contribution is 2.38. The van der Waals surface area contributed by atoms with Gasteiger partial charge >= 0.3 is 5.97 Å². The zero-order valence-electron chi connectivity index (χ0n) is 19.0. The Morgan fingerprint density at radius 3 is 2.31 bits per heavy atom. The Morgan fingerprint density at radius 1 is 0.971 bits per heavy atom. The van der Waals surface area contributed by atoms with E-state index in [4.69, 9.17) is 4.74 Å². The SMILES string of the molecule is O=C(CCN1C(=O)C2CCCCC2C1=O)OCc1nc2ccccc2c(=O)n1-c1ccc(F)cc1. The lowest BCUT2D eigenvalue weighted by molar-refractivity contribution is -0.147. The molecule has 180 valence electrons. The molecule has 35 heavy (non-hydrogen) atoms. The van der Waals surface area contributed by atoms with Crippen LogP contribution < -0.4 is 5.56 Å². The monoisotopic (exact) mass is 477 g/mol. The predicted molar refractivity (Wildman–Crippen MR) is 124 cm³/mol. The quantitative estimate of drug-likeness (QED) is 0.400. The fourth-order valence-corrected chi connectivity index (χ4v) is 5.00. The number of carbonyl (C=O) groups is 3. The van der Waals surface area contributed by atoms with Crippen LogP contribution in [-0.4, -0.2) is 38.8 Å². The van der Waals surface area contributed by atoms with E-state index in [0.29, 0.717) is 29.4 Å². The number of imide groups is 1. The van der Waals surface area contributed by atoms with E-state index in [0.717, 1.165) is 12.8 Å². The maximum Gasteiger partial charge on any atom is 0.308 e. The number of esters is 1. The van der Waals surface area contributed by atoms with Crippen LogP contribution in [0.3, 0.4) is 0 Å². The van der Waals surface area contributed by atoms with E-state index in [1.165, 1.54) is 33.7 Å². The molecule has 2 fully saturated rings. The average Bonchev–Trinajstić information content (AvgIpc) is 3.12. The first-order valence-electron chi connectivity index (χ1n) is 11.7. The zero-order chi connectivity index (χ0) is 24.5. The van der Waals surface area contributed by atoms with E-state index in [9.17, 15) is 23.6 Å². The number of halogens is 1. The summed E-state index contributed by atoms with van der Waals surface area (Å²) in [4.78, 5) is 56.6. The highest BCUT2D eigenvalue weighted by atomic mass is 19.1. The predicted octanol–water partition coefficient (Wildman–Crippen LogP) is 3.13. The van der Waals surface area contributed by atoms with Crippen LogP contribution in [0.4, 0.5) is 4.39 Å². The minimum Gasteiger partial charge on any atom is -0.457 e. The number of amides is 2. The Bertz CT molecular complexity index is 1340. The van der Waals surface area contributed by atoms with Crippen molar-refractivity contribution < 1.29 is 23.5 Å². The fourth-order valence-electron chi connectivity index (χ4n) is 5.00. The van der Waals surface area contributed by atoms with Crippen molar-refractivity contribution in [3.8, 4) is 5.69 Å².